The molecule has 516 valence electrons. The van der Waals surface area contributed by atoms with Gasteiger partial charge in [-0.2, -0.15) is 9.41 Å². The summed E-state index contributed by atoms with van der Waals surface area (Å²) in [7, 11) is -7.99. The smallest absolute Gasteiger partial charge is 0.481 e. The second-order valence-electron chi connectivity index (χ2n) is 24.0. The molecule has 4 aromatic rings. The number of hydrazone groups is 1. The lowest BCUT2D eigenvalue weighted by molar-refractivity contribution is -0.231. The number of aliphatic hydroxyl groups excluding tert-OH is 5. The zero-order valence-electron chi connectivity index (χ0n) is 52.8. The van der Waals surface area contributed by atoms with Crippen molar-refractivity contribution in [2.45, 2.75) is 135 Å². The quantitative estimate of drug-likeness (QED) is 0.0266. The van der Waals surface area contributed by atoms with Crippen LogP contribution in [0.15, 0.2) is 53.9 Å². The Hall–Kier alpha value is -6.79. The number of nitrogens with zero attached hydrogens (tertiary/aromatic N) is 7. The van der Waals surface area contributed by atoms with Crippen LogP contribution >= 0.6 is 15.6 Å². The number of amides is 1. The van der Waals surface area contributed by atoms with Gasteiger partial charge in [-0.15, -0.1) is 0 Å². The van der Waals surface area contributed by atoms with E-state index in [0.717, 1.165) is 19.5 Å². The van der Waals surface area contributed by atoms with Gasteiger partial charge in [0.05, 0.1) is 72.5 Å². The molecule has 2 aromatic heterocycles. The number of phosphoric acid groups is 2. The third-order valence-corrected chi connectivity index (χ3v) is 20.0. The Morgan fingerprint density at radius 1 is 0.840 bits per heavy atom. The maximum absolute atomic E-state index is 14.8. The summed E-state index contributed by atoms with van der Waals surface area (Å²) >= 11 is 0. The number of allylic oxidation sites excluding steroid dienone is 2. The molecule has 1 amide bonds. The van der Waals surface area contributed by atoms with E-state index < -0.39 is 172 Å². The molecule has 34 nitrogen and oxygen atoms in total. The number of carbonyl (C=O) groups is 3. The first kappa shape index (κ1) is 71.5. The number of imidazole rings is 1. The summed E-state index contributed by atoms with van der Waals surface area (Å²) in [5.74, 6) is -10.6. The molecule has 6 aliphatic rings. The number of aromatic nitrogens is 4. The number of rotatable bonds is 15. The van der Waals surface area contributed by atoms with Gasteiger partial charge in [0.1, 0.15) is 71.8 Å². The predicted molar refractivity (Wildman–Crippen MR) is 328 cm³/mol. The first-order valence-electron chi connectivity index (χ1n) is 29.8. The number of phosphoric ester groups is 2. The highest BCUT2D eigenvalue weighted by molar-refractivity contribution is 7.61. The van der Waals surface area contributed by atoms with Gasteiger partial charge in [-0.05, 0) is 27.0 Å². The Kier molecular flexibility index (Phi) is 21.7. The Bertz CT molecular complexity index is 3730. The molecular formula is C58H79N9O25P2. The second-order valence-corrected chi connectivity index (χ2v) is 27.0. The Balaban J connectivity index is 0.964. The lowest BCUT2D eigenvalue weighted by atomic mass is 9.78. The summed E-state index contributed by atoms with van der Waals surface area (Å²) in [6.07, 6.45) is -8.49. The number of benzene rings is 2. The molecule has 3 fully saturated rings. The fourth-order valence-electron chi connectivity index (χ4n) is 11.9. The number of nitrogens with two attached hydrogens (primary N) is 1. The van der Waals surface area contributed by atoms with Gasteiger partial charge >= 0.3 is 27.4 Å². The predicted octanol–water partition coefficient (Wildman–Crippen LogP) is 2.10. The van der Waals surface area contributed by atoms with E-state index in [1.165, 1.54) is 63.2 Å². The number of fused-ring (bicyclic) bond motifs is 15. The SMILES string of the molecule is CO[C@H]1/C=C/O[C@@]2(C)Oc3c(C)c(O)c4c(O)c(c(/C=N/N5CCN(C)CC5)c(O)c4c3C2=O)NC(=O)/C(C)=C\C=C\[C@H](C)[C@H](O)[C@@H](C)[C@@H](OC2O[C@H](COP(=O)(O)OP(=O)(O)OC[C@H]3O[C@@H](n4cnc5c(N)ncnc54)[C@H](O)[C@@H]3O)[C@@H](O)[C@H]2O)[C@@H](C)[C@H](OC(C)=O)[C@@H]1C. The summed E-state index contributed by atoms with van der Waals surface area (Å²) in [6.45, 7) is 11.8. The van der Waals surface area contributed by atoms with Gasteiger partial charge < -0.3 is 99.7 Å². The van der Waals surface area contributed by atoms with Gasteiger partial charge in [-0.3, -0.25) is 33.0 Å². The fraction of sp³-hybridized carbons (Fsp3) is 0.569. The molecule has 5 bridgehead atoms. The summed E-state index contributed by atoms with van der Waals surface area (Å²) in [5.41, 5.74) is 5.22. The van der Waals surface area contributed by atoms with Crippen LogP contribution in [-0.4, -0.2) is 231 Å². The van der Waals surface area contributed by atoms with Crippen LogP contribution in [0.1, 0.15) is 76.2 Å². The topological polar surface area (TPSA) is 480 Å². The molecule has 13 N–H and O–H groups in total. The van der Waals surface area contributed by atoms with E-state index in [-0.39, 0.29) is 56.1 Å². The molecule has 2 aromatic carbocycles. The molecule has 8 heterocycles. The number of ether oxygens (including phenoxy) is 7. The van der Waals surface area contributed by atoms with E-state index in [9.17, 15) is 74.2 Å². The number of aliphatic hydroxyl groups is 5. The molecule has 3 unspecified atom stereocenters. The van der Waals surface area contributed by atoms with Crippen LogP contribution < -0.4 is 15.8 Å². The lowest BCUT2D eigenvalue weighted by Crippen LogP contribution is -2.50. The molecule has 6 aliphatic heterocycles. The van der Waals surface area contributed by atoms with Crippen LogP contribution in [0.3, 0.4) is 0 Å². The normalized spacial score (nSPS) is 34.1. The third kappa shape index (κ3) is 14.6. The van der Waals surface area contributed by atoms with Crippen molar-refractivity contribution in [3.05, 3.63) is 65.5 Å². The maximum Gasteiger partial charge on any atom is 0.481 e. The number of nitrogen functional groups attached to an aromatic ring is 1. The number of phenols is 3. The summed E-state index contributed by atoms with van der Waals surface area (Å²) in [6, 6.07) is 0. The molecule has 0 radical (unpaired) electrons. The van der Waals surface area contributed by atoms with Crippen LogP contribution in [0.2, 0.25) is 0 Å². The minimum Gasteiger partial charge on any atom is -0.507 e. The molecule has 19 atom stereocenters. The van der Waals surface area contributed by atoms with Crippen molar-refractivity contribution in [1.29, 1.82) is 0 Å². The van der Waals surface area contributed by atoms with Gasteiger partial charge in [0, 0.05) is 87.3 Å². The van der Waals surface area contributed by atoms with Crippen molar-refractivity contribution < 1.29 is 121 Å². The van der Waals surface area contributed by atoms with E-state index in [1.54, 1.807) is 38.8 Å². The van der Waals surface area contributed by atoms with Crippen molar-refractivity contribution in [3.63, 3.8) is 0 Å². The number of nitrogens with one attached hydrogen (secondary N) is 1. The van der Waals surface area contributed by atoms with E-state index in [2.05, 4.69) is 34.6 Å². The number of hydrogen-bond donors (Lipinski definition) is 12. The van der Waals surface area contributed by atoms with Crippen LogP contribution in [0.5, 0.6) is 23.0 Å². The van der Waals surface area contributed by atoms with Gasteiger partial charge in [-0.1, -0.05) is 45.9 Å². The van der Waals surface area contributed by atoms with Crippen molar-refractivity contribution in [3.8, 4) is 23.0 Å². The molecule has 10 rings (SSSR count). The number of methoxy groups -OCH3 is 1. The largest absolute Gasteiger partial charge is 0.507 e. The molecule has 94 heavy (non-hydrogen) atoms. The summed E-state index contributed by atoms with van der Waals surface area (Å²) in [5, 5.41) is 101. The first-order chi connectivity index (χ1) is 44.2. The highest BCUT2D eigenvalue weighted by Crippen LogP contribution is 2.61. The van der Waals surface area contributed by atoms with Gasteiger partial charge in [0.25, 0.3) is 11.7 Å². The van der Waals surface area contributed by atoms with E-state index >= 15 is 0 Å². The van der Waals surface area contributed by atoms with Gasteiger partial charge in [-0.25, -0.2) is 24.1 Å². The first-order valence-corrected chi connectivity index (χ1v) is 32.8. The Morgan fingerprint density at radius 2 is 1.49 bits per heavy atom. The molecule has 0 aliphatic carbocycles. The van der Waals surface area contributed by atoms with E-state index in [1.807, 2.05) is 7.05 Å². The van der Waals surface area contributed by atoms with Crippen molar-refractivity contribution in [1.82, 2.24) is 29.4 Å². The summed E-state index contributed by atoms with van der Waals surface area (Å²) in [4.78, 5) is 77.2. The molecule has 3 saturated heterocycles. The average Bonchev–Trinajstić information content (AvgIpc) is 1.41. The Morgan fingerprint density at radius 3 is 2.14 bits per heavy atom. The number of Topliss-reactive ketones (excluding diaryl/α,β-unsaturated/α-hetero) is 1. The van der Waals surface area contributed by atoms with Gasteiger partial charge in [0.15, 0.2) is 29.7 Å². The number of phenolic OH excluding ortho intramolecular Hbond substituents is 3. The van der Waals surface area contributed by atoms with Crippen molar-refractivity contribution in [2.24, 2.45) is 28.8 Å². The standard InChI is InChI=1S/C58H79N9O25P2/c1-25-12-11-13-26(2)55(78)64-39-32(20-63-66-17-15-65(9)16-18-66)43(71)36-37(46(39)74)42(70)29(5)51-38(36)52(77)58(8,91-51)84-19-14-33(83-10)27(3)49(87-31(7)68)30(6)50(28(4)41(25)69)90-57-48(76)45(73)35(89-57)22-86-94(81,82)92-93(79,80)85-21-34-44(72)47(75)56(88-34)67-24-62-40-53(59)60-23-61-54(40)67/h11-14,19-20,23-25,27-28,30,33-35,41,44-45,47-50,56-57,69-76H,15-18,21-22H2,1-10H3,(H,64,78)(H,79,80)(H,81,82)(H2,59,60,61)/b12-11+,19-14+,26-13-,63-20+/t25-,27+,28+,30-,33-,34+,35+,41-,44+,45+,47+,48+,49+,50+,56+,57?,58-/m0/s1. The Labute approximate surface area is 537 Å². The highest BCUT2D eigenvalue weighted by Gasteiger charge is 2.53. The number of hydrogen-bond acceptors (Lipinski definition) is 30. The zero-order chi connectivity index (χ0) is 68.8. The second kappa shape index (κ2) is 28.5. The number of anilines is 2. The third-order valence-electron chi connectivity index (χ3n) is 17.4. The number of piperazine rings is 1. The van der Waals surface area contributed by atoms with Crippen LogP contribution in [0, 0.1) is 30.6 Å². The number of ketones is 1. The number of esters is 1. The molecular weight excluding hydrogens is 1280 g/mol. The number of aromatic hydroxyl groups is 3. The van der Waals surface area contributed by atoms with E-state index in [4.69, 9.17) is 47.9 Å². The minimum atomic E-state index is -5.66. The molecule has 36 heteroatoms. The zero-order valence-corrected chi connectivity index (χ0v) is 54.6. The molecule has 0 spiro atoms. The monoisotopic (exact) mass is 1360 g/mol. The van der Waals surface area contributed by atoms with Crippen LogP contribution in [0.25, 0.3) is 21.9 Å². The van der Waals surface area contributed by atoms with Gasteiger partial charge in [0.2, 0.25) is 0 Å². The fourth-order valence-corrected chi connectivity index (χ4v) is 14.0. The lowest BCUT2D eigenvalue weighted by Gasteiger charge is -2.41. The van der Waals surface area contributed by atoms with Crippen molar-refractivity contribution in [2.75, 3.05) is 64.6 Å². The number of likely N-dealkylation sites (N-methyl/N-ethyl adjacent to an activating group) is 1. The molecule has 0 saturated carbocycles. The average molecular weight is 1360 g/mol. The van der Waals surface area contributed by atoms with Crippen LogP contribution in [0.4, 0.5) is 11.5 Å². The summed E-state index contributed by atoms with van der Waals surface area (Å²) < 4.78 is 83.9. The maximum atomic E-state index is 14.8. The van der Waals surface area contributed by atoms with Crippen molar-refractivity contribution >= 4 is 73.0 Å². The van der Waals surface area contributed by atoms with Crippen LogP contribution in [-0.2, 0) is 60.5 Å². The minimum absolute atomic E-state index is 0.00457. The van der Waals surface area contributed by atoms with E-state index in [0.29, 0.717) is 26.2 Å². The highest BCUT2D eigenvalue weighted by atomic mass is 31.3. The number of carbonyl (C=O) groups excluding carboxylic acids is 3.